The maximum atomic E-state index is 9.97. The summed E-state index contributed by atoms with van der Waals surface area (Å²) in [6.07, 6.45) is 1.98. The number of rotatable bonds is 4. The van der Waals surface area contributed by atoms with Crippen molar-refractivity contribution in [3.05, 3.63) is 10.1 Å². The summed E-state index contributed by atoms with van der Waals surface area (Å²) in [5.41, 5.74) is 0. The van der Waals surface area contributed by atoms with Crippen LogP contribution < -0.4 is 0 Å². The molecule has 1 rings (SSSR count). The van der Waals surface area contributed by atoms with E-state index < -0.39 is 5.09 Å². The van der Waals surface area contributed by atoms with Crippen molar-refractivity contribution in [1.82, 2.24) is 0 Å². The Hall–Kier alpha value is -1.33. The molecule has 0 heterocycles. The van der Waals surface area contributed by atoms with Gasteiger partial charge in [0.25, 0.3) is 11.6 Å². The van der Waals surface area contributed by atoms with Gasteiger partial charge < -0.3 is 9.57 Å². The average molecular weight is 189 g/mol. The Morgan fingerprint density at radius 1 is 1.23 bits per heavy atom. The molecule has 13 heavy (non-hydrogen) atoms. The van der Waals surface area contributed by atoms with E-state index in [1.807, 2.05) is 0 Å². The molecule has 1 aliphatic rings. The van der Waals surface area contributed by atoms with Crippen LogP contribution in [0.1, 0.15) is 25.7 Å². The normalized spacial score (nSPS) is 27.7. The van der Waals surface area contributed by atoms with Gasteiger partial charge in [0.2, 0.25) is 0 Å². The Balaban J connectivity index is 2.22. The first-order chi connectivity index (χ1) is 6.22. The molecule has 0 aromatic rings. The quantitative estimate of drug-likeness (QED) is 0.369. The van der Waals surface area contributed by atoms with Crippen LogP contribution in [-0.4, -0.2) is 23.8 Å². The van der Waals surface area contributed by atoms with Crippen molar-refractivity contribution in [2.24, 2.45) is 0 Å². The van der Waals surface area contributed by atoms with Gasteiger partial charge in [-0.1, -0.05) is 0 Å². The predicted molar refractivity (Wildman–Crippen MR) is 41.3 cm³/mol. The maximum Gasteiger partial charge on any atom is 0.294 e. The standard InChI is InChI=1S/C7H11NO5/c9-5-12-6-1-3-7(4-2-6)13-8(10)11/h5-7H,1-4H2. The summed E-state index contributed by atoms with van der Waals surface area (Å²) in [5, 5.41) is 9.20. The highest BCUT2D eigenvalue weighted by molar-refractivity contribution is 5.37. The highest BCUT2D eigenvalue weighted by Gasteiger charge is 2.24. The molecule has 0 saturated heterocycles. The molecule has 0 aromatic heterocycles. The van der Waals surface area contributed by atoms with Gasteiger partial charge in [-0.3, -0.25) is 4.79 Å². The number of hydrogen-bond acceptors (Lipinski definition) is 5. The van der Waals surface area contributed by atoms with E-state index >= 15 is 0 Å². The minimum absolute atomic E-state index is 0.0934. The number of ether oxygens (including phenoxy) is 1. The lowest BCUT2D eigenvalue weighted by molar-refractivity contribution is -0.769. The largest absolute Gasteiger partial charge is 0.465 e. The molecule has 0 aromatic carbocycles. The zero-order valence-electron chi connectivity index (χ0n) is 7.05. The number of carbonyl (C=O) groups excluding carboxylic acids is 1. The first-order valence-electron chi connectivity index (χ1n) is 4.12. The van der Waals surface area contributed by atoms with Gasteiger partial charge in [0.1, 0.15) is 12.2 Å². The van der Waals surface area contributed by atoms with Crippen LogP contribution in [0.2, 0.25) is 0 Å². The first-order valence-corrected chi connectivity index (χ1v) is 4.12. The van der Waals surface area contributed by atoms with E-state index in [1.165, 1.54) is 0 Å². The Morgan fingerprint density at radius 2 is 1.77 bits per heavy atom. The number of nitrogens with zero attached hydrogens (tertiary/aromatic N) is 1. The topological polar surface area (TPSA) is 78.7 Å². The summed E-state index contributed by atoms with van der Waals surface area (Å²) in [7, 11) is 0. The highest BCUT2D eigenvalue weighted by atomic mass is 17.0. The average Bonchev–Trinajstić information content (AvgIpc) is 2.08. The van der Waals surface area contributed by atoms with Gasteiger partial charge in [-0.2, -0.15) is 0 Å². The van der Waals surface area contributed by atoms with E-state index in [9.17, 15) is 14.9 Å². The minimum atomic E-state index is -0.772. The van der Waals surface area contributed by atoms with Crippen LogP contribution in [0.25, 0.3) is 0 Å². The number of hydrogen-bond donors (Lipinski definition) is 0. The van der Waals surface area contributed by atoms with Crippen molar-refractivity contribution in [2.45, 2.75) is 37.9 Å². The molecule has 0 atom stereocenters. The first kappa shape index (κ1) is 9.76. The highest BCUT2D eigenvalue weighted by Crippen LogP contribution is 2.22. The fourth-order valence-corrected chi connectivity index (χ4v) is 1.47. The predicted octanol–water partition coefficient (Wildman–Crippen LogP) is 0.679. The van der Waals surface area contributed by atoms with Crippen molar-refractivity contribution < 1.29 is 19.5 Å². The molecule has 0 radical (unpaired) electrons. The van der Waals surface area contributed by atoms with Crippen LogP contribution in [0.5, 0.6) is 0 Å². The van der Waals surface area contributed by atoms with Crippen LogP contribution in [0, 0.1) is 10.1 Å². The van der Waals surface area contributed by atoms with Gasteiger partial charge >= 0.3 is 0 Å². The Labute approximate surface area is 74.9 Å². The van der Waals surface area contributed by atoms with Gasteiger partial charge in [0.05, 0.1) is 0 Å². The van der Waals surface area contributed by atoms with Crippen molar-refractivity contribution in [3.8, 4) is 0 Å². The Bertz CT molecular complexity index is 187. The molecule has 1 saturated carbocycles. The molecule has 0 bridgehead atoms. The maximum absolute atomic E-state index is 9.97. The molecule has 0 unspecified atom stereocenters. The molecule has 0 N–H and O–H groups in total. The third kappa shape index (κ3) is 3.27. The van der Waals surface area contributed by atoms with E-state index in [1.54, 1.807) is 0 Å². The third-order valence-corrected chi connectivity index (χ3v) is 2.10. The molecule has 0 spiro atoms. The smallest absolute Gasteiger partial charge is 0.294 e. The van der Waals surface area contributed by atoms with Gasteiger partial charge in [-0.05, 0) is 25.7 Å². The second-order valence-corrected chi connectivity index (χ2v) is 2.96. The van der Waals surface area contributed by atoms with Gasteiger partial charge in [0, 0.05) is 0 Å². The Kier molecular flexibility index (Phi) is 3.48. The molecular weight excluding hydrogens is 178 g/mol. The molecule has 1 fully saturated rings. The van der Waals surface area contributed by atoms with E-state index in [0.29, 0.717) is 32.2 Å². The van der Waals surface area contributed by atoms with Gasteiger partial charge in [0.15, 0.2) is 0 Å². The SMILES string of the molecule is O=COC1CCC(O[N+](=O)[O-])CC1. The summed E-state index contributed by atoms with van der Waals surface area (Å²) in [4.78, 5) is 24.3. The zero-order valence-corrected chi connectivity index (χ0v) is 7.05. The van der Waals surface area contributed by atoms with E-state index in [-0.39, 0.29) is 12.2 Å². The minimum Gasteiger partial charge on any atom is -0.465 e. The molecule has 6 heteroatoms. The lowest BCUT2D eigenvalue weighted by atomic mass is 9.95. The lowest BCUT2D eigenvalue weighted by Gasteiger charge is -2.25. The fourth-order valence-electron chi connectivity index (χ4n) is 1.47. The van der Waals surface area contributed by atoms with Gasteiger partial charge in [-0.25, -0.2) is 0 Å². The van der Waals surface area contributed by atoms with Crippen molar-refractivity contribution in [3.63, 3.8) is 0 Å². The van der Waals surface area contributed by atoms with Crippen LogP contribution in [0.4, 0.5) is 0 Å². The van der Waals surface area contributed by atoms with E-state index in [2.05, 4.69) is 4.84 Å². The monoisotopic (exact) mass is 189 g/mol. The van der Waals surface area contributed by atoms with E-state index in [0.717, 1.165) is 0 Å². The van der Waals surface area contributed by atoms with Crippen LogP contribution >= 0.6 is 0 Å². The fraction of sp³-hybridized carbons (Fsp3) is 0.857. The summed E-state index contributed by atoms with van der Waals surface area (Å²) in [6.45, 7) is 0.416. The summed E-state index contributed by atoms with van der Waals surface area (Å²) >= 11 is 0. The molecule has 0 amide bonds. The molecule has 6 nitrogen and oxygen atoms in total. The summed E-state index contributed by atoms with van der Waals surface area (Å²) in [6, 6.07) is 0. The van der Waals surface area contributed by atoms with Crippen molar-refractivity contribution >= 4 is 6.47 Å². The van der Waals surface area contributed by atoms with Crippen LogP contribution in [-0.2, 0) is 14.4 Å². The number of carbonyl (C=O) groups is 1. The second kappa shape index (κ2) is 4.64. The lowest BCUT2D eigenvalue weighted by Crippen LogP contribution is -2.27. The molecule has 1 aliphatic carbocycles. The molecule has 0 aliphatic heterocycles. The van der Waals surface area contributed by atoms with Crippen molar-refractivity contribution in [1.29, 1.82) is 0 Å². The molecular formula is C7H11NO5. The zero-order chi connectivity index (χ0) is 9.68. The van der Waals surface area contributed by atoms with E-state index in [4.69, 9.17) is 4.74 Å². The van der Waals surface area contributed by atoms with Crippen LogP contribution in [0.3, 0.4) is 0 Å². The third-order valence-electron chi connectivity index (χ3n) is 2.10. The molecule has 74 valence electrons. The van der Waals surface area contributed by atoms with Gasteiger partial charge in [-0.15, -0.1) is 10.1 Å². The second-order valence-electron chi connectivity index (χ2n) is 2.96. The van der Waals surface area contributed by atoms with Crippen LogP contribution in [0.15, 0.2) is 0 Å². The Morgan fingerprint density at radius 3 is 2.23 bits per heavy atom. The summed E-state index contributed by atoms with van der Waals surface area (Å²) in [5.74, 6) is 0. The summed E-state index contributed by atoms with van der Waals surface area (Å²) < 4.78 is 4.73. The van der Waals surface area contributed by atoms with Crippen molar-refractivity contribution in [2.75, 3.05) is 0 Å².